The van der Waals surface area contributed by atoms with Gasteiger partial charge in [-0.2, -0.15) is 0 Å². The fourth-order valence-corrected chi connectivity index (χ4v) is 2.06. The minimum absolute atomic E-state index is 0.0421. The van der Waals surface area contributed by atoms with Crippen LogP contribution in [-0.2, 0) is 0 Å². The second-order valence-corrected chi connectivity index (χ2v) is 5.10. The summed E-state index contributed by atoms with van der Waals surface area (Å²) in [5.74, 6) is 2.97. The van der Waals surface area contributed by atoms with Gasteiger partial charge in [-0.15, -0.1) is 0 Å². The van der Waals surface area contributed by atoms with Gasteiger partial charge in [-0.3, -0.25) is 0 Å². The molecule has 2 rings (SSSR count). The summed E-state index contributed by atoms with van der Waals surface area (Å²) in [5, 5.41) is 21.6. The average molecular weight is 280 g/mol. The Morgan fingerprint density at radius 3 is 2.50 bits per heavy atom. The van der Waals surface area contributed by atoms with Crippen molar-refractivity contribution in [3.05, 3.63) is 11.9 Å². The van der Waals surface area contributed by atoms with Crippen LogP contribution < -0.4 is 10.2 Å². The van der Waals surface area contributed by atoms with E-state index in [-0.39, 0.29) is 13.2 Å². The summed E-state index contributed by atoms with van der Waals surface area (Å²) in [6, 6.07) is 1.90. The molecule has 20 heavy (non-hydrogen) atoms. The molecule has 0 aliphatic heterocycles. The highest BCUT2D eigenvalue weighted by molar-refractivity contribution is 5.50. The zero-order valence-electron chi connectivity index (χ0n) is 12.0. The van der Waals surface area contributed by atoms with Crippen molar-refractivity contribution in [3.63, 3.8) is 0 Å². The van der Waals surface area contributed by atoms with Crippen molar-refractivity contribution < 1.29 is 10.2 Å². The molecule has 0 saturated heterocycles. The van der Waals surface area contributed by atoms with E-state index < -0.39 is 0 Å². The Labute approximate surface area is 119 Å². The molecule has 0 bridgehead atoms. The molecule has 0 unspecified atom stereocenters. The van der Waals surface area contributed by atoms with Crippen molar-refractivity contribution >= 4 is 11.6 Å². The van der Waals surface area contributed by atoms with E-state index in [9.17, 15) is 0 Å². The van der Waals surface area contributed by atoms with Crippen LogP contribution in [0.3, 0.4) is 0 Å². The smallest absolute Gasteiger partial charge is 0.136 e. The van der Waals surface area contributed by atoms with Crippen LogP contribution in [-0.4, -0.2) is 53.0 Å². The van der Waals surface area contributed by atoms with Gasteiger partial charge in [0, 0.05) is 31.6 Å². The van der Waals surface area contributed by atoms with E-state index in [1.165, 1.54) is 0 Å². The minimum Gasteiger partial charge on any atom is -0.395 e. The van der Waals surface area contributed by atoms with Crippen molar-refractivity contribution in [3.8, 4) is 0 Å². The molecular weight excluding hydrogens is 256 g/mol. The molecule has 0 aromatic carbocycles. The van der Waals surface area contributed by atoms with Gasteiger partial charge in [-0.25, -0.2) is 9.97 Å². The maximum absolute atomic E-state index is 9.14. The van der Waals surface area contributed by atoms with E-state index in [1.54, 1.807) is 0 Å². The summed E-state index contributed by atoms with van der Waals surface area (Å²) in [4.78, 5) is 11.0. The van der Waals surface area contributed by atoms with Crippen molar-refractivity contribution in [1.29, 1.82) is 0 Å². The van der Waals surface area contributed by atoms with E-state index in [2.05, 4.69) is 22.2 Å². The lowest BCUT2D eigenvalue weighted by molar-refractivity contribution is 0.280. The quantitative estimate of drug-likeness (QED) is 0.625. The topological polar surface area (TPSA) is 81.5 Å². The number of nitrogens with one attached hydrogen (secondary N) is 1. The van der Waals surface area contributed by atoms with E-state index >= 15 is 0 Å². The molecule has 6 nitrogen and oxygen atoms in total. The number of hydrogen-bond donors (Lipinski definition) is 3. The lowest BCUT2D eigenvalue weighted by Crippen LogP contribution is -2.31. The van der Waals surface area contributed by atoms with E-state index in [4.69, 9.17) is 10.2 Å². The third kappa shape index (κ3) is 4.05. The summed E-state index contributed by atoms with van der Waals surface area (Å²) in [6.45, 7) is 4.01. The highest BCUT2D eigenvalue weighted by Gasteiger charge is 2.28. The van der Waals surface area contributed by atoms with Crippen LogP contribution in [0.2, 0.25) is 0 Å². The summed E-state index contributed by atoms with van der Waals surface area (Å²) >= 11 is 0. The fourth-order valence-electron chi connectivity index (χ4n) is 2.06. The number of hydrogen-bond acceptors (Lipinski definition) is 6. The molecule has 0 spiro atoms. The summed E-state index contributed by atoms with van der Waals surface area (Å²) in [6.07, 6.45) is 3.34. The molecular formula is C14H24N4O2. The minimum atomic E-state index is 0.0421. The molecule has 6 heteroatoms. The molecule has 1 fully saturated rings. The van der Waals surface area contributed by atoms with Crippen LogP contribution in [0.25, 0.3) is 0 Å². The number of nitrogens with zero attached hydrogens (tertiary/aromatic N) is 3. The Morgan fingerprint density at radius 1 is 1.25 bits per heavy atom. The molecule has 1 saturated carbocycles. The van der Waals surface area contributed by atoms with Gasteiger partial charge in [-0.1, -0.05) is 6.92 Å². The fraction of sp³-hybridized carbons (Fsp3) is 0.714. The predicted octanol–water partition coefficient (Wildman–Crippen LogP) is 0.967. The Kier molecular flexibility index (Phi) is 5.55. The van der Waals surface area contributed by atoms with Crippen molar-refractivity contribution in [1.82, 2.24) is 9.97 Å². The maximum Gasteiger partial charge on any atom is 0.136 e. The van der Waals surface area contributed by atoms with Crippen molar-refractivity contribution in [2.24, 2.45) is 0 Å². The number of aliphatic hydroxyl groups is 2. The molecule has 1 aliphatic carbocycles. The van der Waals surface area contributed by atoms with Crippen LogP contribution in [0, 0.1) is 0 Å². The van der Waals surface area contributed by atoms with Crippen LogP contribution in [0.5, 0.6) is 0 Å². The van der Waals surface area contributed by atoms with Gasteiger partial charge in [0.05, 0.1) is 13.2 Å². The molecule has 112 valence electrons. The summed E-state index contributed by atoms with van der Waals surface area (Å²) in [5.41, 5.74) is 0. The molecule has 1 aromatic rings. The van der Waals surface area contributed by atoms with E-state index in [1.807, 2.05) is 11.0 Å². The second kappa shape index (κ2) is 7.40. The van der Waals surface area contributed by atoms with Crippen LogP contribution in [0.1, 0.15) is 37.9 Å². The standard InChI is InChI=1S/C14H24N4O2/c1-2-5-15-12-10-13(18(6-8-19)7-9-20)17-14(16-12)11-3-4-11/h10-11,19-20H,2-9H2,1H3,(H,15,16,17). The van der Waals surface area contributed by atoms with Gasteiger partial charge in [-0.05, 0) is 19.3 Å². The van der Waals surface area contributed by atoms with Crippen molar-refractivity contribution in [2.45, 2.75) is 32.1 Å². The van der Waals surface area contributed by atoms with Crippen LogP contribution in [0.4, 0.5) is 11.6 Å². The predicted molar refractivity (Wildman–Crippen MR) is 79.2 cm³/mol. The third-order valence-corrected chi connectivity index (χ3v) is 3.29. The van der Waals surface area contributed by atoms with Gasteiger partial charge >= 0.3 is 0 Å². The molecule has 0 atom stereocenters. The van der Waals surface area contributed by atoms with Gasteiger partial charge in [0.25, 0.3) is 0 Å². The SMILES string of the molecule is CCCNc1cc(N(CCO)CCO)nc(C2CC2)n1. The first kappa shape index (κ1) is 15.0. The second-order valence-electron chi connectivity index (χ2n) is 5.10. The van der Waals surface area contributed by atoms with Crippen LogP contribution >= 0.6 is 0 Å². The molecule has 1 aromatic heterocycles. The van der Waals surface area contributed by atoms with E-state index in [0.717, 1.165) is 43.3 Å². The third-order valence-electron chi connectivity index (χ3n) is 3.29. The molecule has 1 heterocycles. The first-order valence-electron chi connectivity index (χ1n) is 7.38. The lowest BCUT2D eigenvalue weighted by atomic mass is 10.3. The Morgan fingerprint density at radius 2 is 1.95 bits per heavy atom. The van der Waals surface area contributed by atoms with Gasteiger partial charge in [0.2, 0.25) is 0 Å². The zero-order valence-corrected chi connectivity index (χ0v) is 12.0. The first-order valence-corrected chi connectivity index (χ1v) is 7.38. The average Bonchev–Trinajstić information content (AvgIpc) is 3.29. The van der Waals surface area contributed by atoms with Gasteiger partial charge < -0.3 is 20.4 Å². The molecule has 0 radical (unpaired) electrons. The Balaban J connectivity index is 2.21. The van der Waals surface area contributed by atoms with Gasteiger partial charge in [0.15, 0.2) is 0 Å². The van der Waals surface area contributed by atoms with Gasteiger partial charge in [0.1, 0.15) is 17.5 Å². The summed E-state index contributed by atoms with van der Waals surface area (Å²) in [7, 11) is 0. The zero-order chi connectivity index (χ0) is 14.4. The summed E-state index contributed by atoms with van der Waals surface area (Å²) < 4.78 is 0. The Bertz CT molecular complexity index is 418. The highest BCUT2D eigenvalue weighted by atomic mass is 16.3. The molecule has 3 N–H and O–H groups in total. The normalized spacial score (nSPS) is 14.3. The molecule has 1 aliphatic rings. The number of anilines is 2. The number of aromatic nitrogens is 2. The Hall–Kier alpha value is -1.40. The van der Waals surface area contributed by atoms with Crippen molar-refractivity contribution in [2.75, 3.05) is 43.1 Å². The van der Waals surface area contributed by atoms with Crippen LogP contribution in [0.15, 0.2) is 6.07 Å². The monoisotopic (exact) mass is 280 g/mol. The number of rotatable bonds is 9. The first-order chi connectivity index (χ1) is 9.78. The molecule has 0 amide bonds. The lowest BCUT2D eigenvalue weighted by Gasteiger charge is -2.23. The number of aliphatic hydroxyl groups excluding tert-OH is 2. The largest absolute Gasteiger partial charge is 0.395 e. The highest BCUT2D eigenvalue weighted by Crippen LogP contribution is 2.39. The maximum atomic E-state index is 9.14. The van der Waals surface area contributed by atoms with E-state index in [0.29, 0.717) is 19.0 Å².